The molecule has 0 saturated carbocycles. The summed E-state index contributed by atoms with van der Waals surface area (Å²) in [6.07, 6.45) is 1.94. The van der Waals surface area contributed by atoms with Gasteiger partial charge < -0.3 is 10.3 Å². The fourth-order valence-corrected chi connectivity index (χ4v) is 2.08. The maximum Gasteiger partial charge on any atom is 0.112 e. The van der Waals surface area contributed by atoms with Crippen LogP contribution in [-0.4, -0.2) is 23.1 Å². The molecule has 0 atom stereocenters. The van der Waals surface area contributed by atoms with Gasteiger partial charge in [0.1, 0.15) is 5.82 Å². The first kappa shape index (κ1) is 10.5. The highest BCUT2D eigenvalue weighted by atomic mass is 15.0. The van der Waals surface area contributed by atoms with Crippen LogP contribution in [0, 0.1) is 13.8 Å². The number of aryl methyl sites for hydroxylation is 2. The van der Waals surface area contributed by atoms with Gasteiger partial charge in [-0.2, -0.15) is 0 Å². The second-order valence-corrected chi connectivity index (χ2v) is 4.84. The SMILES string of the molecule is Cc1ccc(-c2cnc(C3CNC3)[nH]2)cc1C. The maximum atomic E-state index is 4.47. The summed E-state index contributed by atoms with van der Waals surface area (Å²) in [5.41, 5.74) is 5.00. The normalized spacial score (nSPS) is 15.9. The van der Waals surface area contributed by atoms with Crippen molar-refractivity contribution in [2.75, 3.05) is 13.1 Å². The summed E-state index contributed by atoms with van der Waals surface area (Å²) in [6.45, 7) is 6.36. The molecule has 2 heterocycles. The molecule has 1 saturated heterocycles. The quantitative estimate of drug-likeness (QED) is 0.827. The molecule has 0 radical (unpaired) electrons. The predicted octanol–water partition coefficient (Wildman–Crippen LogP) is 2.38. The minimum Gasteiger partial charge on any atom is -0.342 e. The Morgan fingerprint density at radius 1 is 1.18 bits per heavy atom. The summed E-state index contributed by atoms with van der Waals surface area (Å²) in [6, 6.07) is 6.53. The van der Waals surface area contributed by atoms with Crippen LogP contribution < -0.4 is 5.32 Å². The fourth-order valence-electron chi connectivity index (χ4n) is 2.08. The third-order valence-electron chi connectivity index (χ3n) is 3.58. The van der Waals surface area contributed by atoms with Crippen LogP contribution >= 0.6 is 0 Å². The lowest BCUT2D eigenvalue weighted by molar-refractivity contribution is 0.433. The smallest absolute Gasteiger partial charge is 0.112 e. The molecule has 2 N–H and O–H groups in total. The molecule has 0 unspecified atom stereocenters. The average Bonchev–Trinajstić information content (AvgIpc) is 2.69. The molecule has 88 valence electrons. The zero-order valence-electron chi connectivity index (χ0n) is 10.2. The molecule has 0 bridgehead atoms. The van der Waals surface area contributed by atoms with Crippen molar-refractivity contribution in [3.05, 3.63) is 41.3 Å². The van der Waals surface area contributed by atoms with Gasteiger partial charge in [-0.1, -0.05) is 12.1 Å². The van der Waals surface area contributed by atoms with Gasteiger partial charge in [0.05, 0.1) is 11.9 Å². The largest absolute Gasteiger partial charge is 0.342 e. The molecule has 3 nitrogen and oxygen atoms in total. The summed E-state index contributed by atoms with van der Waals surface area (Å²) in [5.74, 6) is 1.67. The molecule has 3 rings (SSSR count). The van der Waals surface area contributed by atoms with Gasteiger partial charge in [-0.25, -0.2) is 4.98 Å². The monoisotopic (exact) mass is 227 g/mol. The summed E-state index contributed by atoms with van der Waals surface area (Å²) < 4.78 is 0. The summed E-state index contributed by atoms with van der Waals surface area (Å²) in [7, 11) is 0. The lowest BCUT2D eigenvalue weighted by Gasteiger charge is -2.24. The van der Waals surface area contributed by atoms with Crippen molar-refractivity contribution in [3.8, 4) is 11.3 Å². The van der Waals surface area contributed by atoms with E-state index in [0.29, 0.717) is 5.92 Å². The number of rotatable bonds is 2. The lowest BCUT2D eigenvalue weighted by Crippen LogP contribution is -2.40. The zero-order chi connectivity index (χ0) is 11.8. The molecule has 2 aromatic rings. The first-order valence-corrected chi connectivity index (χ1v) is 6.07. The van der Waals surface area contributed by atoms with Crippen molar-refractivity contribution in [1.29, 1.82) is 0 Å². The van der Waals surface area contributed by atoms with E-state index in [1.54, 1.807) is 0 Å². The Morgan fingerprint density at radius 2 is 2.00 bits per heavy atom. The van der Waals surface area contributed by atoms with Gasteiger partial charge in [-0.05, 0) is 36.6 Å². The Labute approximate surface area is 101 Å². The molecule has 17 heavy (non-hydrogen) atoms. The van der Waals surface area contributed by atoms with Gasteiger partial charge in [0.25, 0.3) is 0 Å². The van der Waals surface area contributed by atoms with Crippen LogP contribution in [0.25, 0.3) is 11.3 Å². The van der Waals surface area contributed by atoms with Crippen LogP contribution in [0.2, 0.25) is 0 Å². The van der Waals surface area contributed by atoms with Gasteiger partial charge in [0.2, 0.25) is 0 Å². The molecule has 1 aliphatic heterocycles. The first-order valence-electron chi connectivity index (χ1n) is 6.07. The zero-order valence-corrected chi connectivity index (χ0v) is 10.2. The minimum absolute atomic E-state index is 0.565. The molecule has 0 aliphatic carbocycles. The van der Waals surface area contributed by atoms with Crippen LogP contribution in [0.15, 0.2) is 24.4 Å². The molecule has 0 amide bonds. The number of aromatic amines is 1. The van der Waals surface area contributed by atoms with Crippen molar-refractivity contribution >= 4 is 0 Å². The molecule has 1 fully saturated rings. The van der Waals surface area contributed by atoms with E-state index in [4.69, 9.17) is 0 Å². The van der Waals surface area contributed by atoms with Gasteiger partial charge in [0.15, 0.2) is 0 Å². The predicted molar refractivity (Wildman–Crippen MR) is 69.1 cm³/mol. The van der Waals surface area contributed by atoms with Crippen molar-refractivity contribution < 1.29 is 0 Å². The van der Waals surface area contributed by atoms with Gasteiger partial charge in [-0.15, -0.1) is 0 Å². The van der Waals surface area contributed by atoms with Crippen LogP contribution in [0.4, 0.5) is 0 Å². The van der Waals surface area contributed by atoms with Gasteiger partial charge in [0, 0.05) is 19.0 Å². The van der Waals surface area contributed by atoms with Crippen molar-refractivity contribution in [2.24, 2.45) is 0 Å². The van der Waals surface area contributed by atoms with Crippen LogP contribution in [0.1, 0.15) is 22.9 Å². The van der Waals surface area contributed by atoms with E-state index in [0.717, 1.165) is 24.6 Å². The van der Waals surface area contributed by atoms with E-state index in [9.17, 15) is 0 Å². The standard InChI is InChI=1S/C14H17N3/c1-9-3-4-11(5-10(9)2)13-8-16-14(17-13)12-6-15-7-12/h3-5,8,12,15H,6-7H2,1-2H3,(H,16,17). The molecular formula is C14H17N3. The van der Waals surface area contributed by atoms with Gasteiger partial charge in [-0.3, -0.25) is 0 Å². The van der Waals surface area contributed by atoms with E-state index >= 15 is 0 Å². The van der Waals surface area contributed by atoms with E-state index in [2.05, 4.69) is 47.3 Å². The topological polar surface area (TPSA) is 40.7 Å². The molecule has 1 aliphatic rings. The third kappa shape index (κ3) is 1.87. The fraction of sp³-hybridized carbons (Fsp3) is 0.357. The summed E-state index contributed by atoms with van der Waals surface area (Å²) >= 11 is 0. The summed E-state index contributed by atoms with van der Waals surface area (Å²) in [4.78, 5) is 7.90. The lowest BCUT2D eigenvalue weighted by atomic mass is 10.0. The molecule has 3 heteroatoms. The minimum atomic E-state index is 0.565. The average molecular weight is 227 g/mol. The Balaban J connectivity index is 1.92. The van der Waals surface area contributed by atoms with E-state index in [-0.39, 0.29) is 0 Å². The molecule has 1 aromatic heterocycles. The number of hydrogen-bond acceptors (Lipinski definition) is 2. The van der Waals surface area contributed by atoms with E-state index in [1.807, 2.05) is 6.20 Å². The Kier molecular flexibility index (Phi) is 2.48. The molecule has 1 aromatic carbocycles. The first-order chi connectivity index (χ1) is 8.24. The van der Waals surface area contributed by atoms with Crippen molar-refractivity contribution in [3.63, 3.8) is 0 Å². The highest BCUT2D eigenvalue weighted by Crippen LogP contribution is 2.23. The van der Waals surface area contributed by atoms with Crippen molar-refractivity contribution in [1.82, 2.24) is 15.3 Å². The second kappa shape index (κ2) is 4.00. The second-order valence-electron chi connectivity index (χ2n) is 4.84. The van der Waals surface area contributed by atoms with Crippen LogP contribution in [0.5, 0.6) is 0 Å². The third-order valence-corrected chi connectivity index (χ3v) is 3.58. The Bertz CT molecular complexity index is 538. The number of nitrogens with zero attached hydrogens (tertiary/aromatic N) is 1. The highest BCUT2D eigenvalue weighted by Gasteiger charge is 2.21. The van der Waals surface area contributed by atoms with E-state index < -0.39 is 0 Å². The maximum absolute atomic E-state index is 4.47. The number of H-pyrrole nitrogens is 1. The highest BCUT2D eigenvalue weighted by molar-refractivity contribution is 5.60. The van der Waals surface area contributed by atoms with Gasteiger partial charge >= 0.3 is 0 Å². The number of hydrogen-bond donors (Lipinski definition) is 2. The van der Waals surface area contributed by atoms with E-state index in [1.165, 1.54) is 16.7 Å². The Morgan fingerprint density at radius 3 is 2.65 bits per heavy atom. The van der Waals surface area contributed by atoms with Crippen LogP contribution in [0.3, 0.4) is 0 Å². The Hall–Kier alpha value is -1.61. The van der Waals surface area contributed by atoms with Crippen LogP contribution in [-0.2, 0) is 0 Å². The summed E-state index contributed by atoms with van der Waals surface area (Å²) in [5, 5.41) is 3.27. The number of aromatic nitrogens is 2. The number of imidazole rings is 1. The number of nitrogens with one attached hydrogen (secondary N) is 2. The molecule has 0 spiro atoms. The van der Waals surface area contributed by atoms with Crippen molar-refractivity contribution in [2.45, 2.75) is 19.8 Å². The molecular weight excluding hydrogens is 210 g/mol. The number of benzene rings is 1.